The summed E-state index contributed by atoms with van der Waals surface area (Å²) in [5.74, 6) is 0.506. The van der Waals surface area contributed by atoms with E-state index in [2.05, 4.69) is 15.0 Å². The summed E-state index contributed by atoms with van der Waals surface area (Å²) in [6.07, 6.45) is 1.20. The van der Waals surface area contributed by atoms with Gasteiger partial charge in [0.15, 0.2) is 5.16 Å². The summed E-state index contributed by atoms with van der Waals surface area (Å²) in [4.78, 5) is 13.2. The molecule has 0 N–H and O–H groups in total. The topological polar surface area (TPSA) is 38.7 Å². The summed E-state index contributed by atoms with van der Waals surface area (Å²) in [7, 11) is 0. The lowest BCUT2D eigenvalue weighted by Crippen LogP contribution is -1.93. The Bertz CT molecular complexity index is 848. The van der Waals surface area contributed by atoms with Crippen LogP contribution in [0.25, 0.3) is 22.3 Å². The third-order valence-corrected chi connectivity index (χ3v) is 4.04. The molecule has 6 heteroatoms. The van der Waals surface area contributed by atoms with Crippen LogP contribution in [-0.2, 0) is 0 Å². The summed E-state index contributed by atoms with van der Waals surface area (Å²) in [6, 6.07) is 13.6. The molecule has 116 valence electrons. The molecule has 2 aromatic heterocycles. The number of thioether (sulfide) groups is 1. The van der Waals surface area contributed by atoms with Crippen molar-refractivity contribution in [1.29, 1.82) is 0 Å². The van der Waals surface area contributed by atoms with E-state index in [4.69, 9.17) is 0 Å². The molecule has 3 rings (SSSR count). The molecule has 3 aromatic rings. The Morgan fingerprint density at radius 2 is 1.83 bits per heavy atom. The molecule has 0 amide bonds. The highest BCUT2D eigenvalue weighted by Gasteiger charge is 2.05. The number of pyridine rings is 1. The van der Waals surface area contributed by atoms with Crippen LogP contribution in [0.2, 0.25) is 0 Å². The Hall–Kier alpha value is -2.34. The van der Waals surface area contributed by atoms with E-state index >= 15 is 0 Å². The number of rotatable bonds is 5. The molecule has 1 aromatic carbocycles. The maximum absolute atomic E-state index is 12.0. The zero-order valence-corrected chi connectivity index (χ0v) is 12.9. The number of benzene rings is 1. The van der Waals surface area contributed by atoms with Gasteiger partial charge >= 0.3 is 0 Å². The second-order valence-corrected chi connectivity index (χ2v) is 5.81. The number of fused-ring (bicyclic) bond motifs is 1. The predicted molar refractivity (Wildman–Crippen MR) is 88.4 cm³/mol. The molecular formula is C17H13F2N3S. The Labute approximate surface area is 136 Å². The molecule has 0 atom stereocenters. The second-order valence-electron chi connectivity index (χ2n) is 4.74. The van der Waals surface area contributed by atoms with Gasteiger partial charge in [-0.3, -0.25) is 0 Å². The van der Waals surface area contributed by atoms with E-state index in [1.165, 1.54) is 11.8 Å². The van der Waals surface area contributed by atoms with Crippen LogP contribution in [0.15, 0.2) is 66.0 Å². The van der Waals surface area contributed by atoms with E-state index in [0.717, 1.165) is 28.4 Å². The van der Waals surface area contributed by atoms with Gasteiger partial charge in [-0.1, -0.05) is 36.0 Å². The standard InChI is InChI=1S/C17H13F2N3S/c18-16(19)6-3-11-23-17-20-10-9-15(22-17)14-8-7-12-4-1-2-5-13(12)21-14/h1-2,4-10H,3,11H2. The van der Waals surface area contributed by atoms with Gasteiger partial charge in [0, 0.05) is 17.3 Å². The lowest BCUT2D eigenvalue weighted by molar-refractivity contribution is 0.418. The van der Waals surface area contributed by atoms with E-state index in [0.29, 0.717) is 10.9 Å². The largest absolute Gasteiger partial charge is 0.266 e. The number of halogens is 2. The van der Waals surface area contributed by atoms with Gasteiger partial charge in [-0.2, -0.15) is 8.78 Å². The normalized spacial score (nSPS) is 10.7. The quantitative estimate of drug-likeness (QED) is 0.377. The van der Waals surface area contributed by atoms with Crippen molar-refractivity contribution >= 4 is 22.7 Å². The van der Waals surface area contributed by atoms with Crippen LogP contribution in [0.1, 0.15) is 6.42 Å². The van der Waals surface area contributed by atoms with Crippen LogP contribution in [0.5, 0.6) is 0 Å². The molecule has 0 bridgehead atoms. The zero-order chi connectivity index (χ0) is 16.1. The van der Waals surface area contributed by atoms with Crippen LogP contribution in [0.3, 0.4) is 0 Å². The molecule has 0 saturated heterocycles. The van der Waals surface area contributed by atoms with E-state index < -0.39 is 6.08 Å². The minimum Gasteiger partial charge on any atom is -0.246 e. The smallest absolute Gasteiger partial charge is 0.246 e. The van der Waals surface area contributed by atoms with Crippen LogP contribution < -0.4 is 0 Å². The molecule has 3 nitrogen and oxygen atoms in total. The van der Waals surface area contributed by atoms with Crippen molar-refractivity contribution in [2.24, 2.45) is 0 Å². The molecule has 0 saturated carbocycles. The minimum atomic E-state index is -1.65. The summed E-state index contributed by atoms with van der Waals surface area (Å²) in [5.41, 5.74) is 2.39. The van der Waals surface area contributed by atoms with Gasteiger partial charge in [-0.05, 0) is 30.7 Å². The fraction of sp³-hybridized carbons (Fsp3) is 0.118. The van der Waals surface area contributed by atoms with Gasteiger partial charge < -0.3 is 0 Å². The van der Waals surface area contributed by atoms with E-state index in [1.807, 2.05) is 36.4 Å². The number of aromatic nitrogens is 3. The number of allylic oxidation sites excluding steroid dienone is 1. The Balaban J connectivity index is 1.79. The Morgan fingerprint density at radius 1 is 1.00 bits per heavy atom. The molecule has 0 radical (unpaired) electrons. The van der Waals surface area contributed by atoms with Gasteiger partial charge in [-0.25, -0.2) is 15.0 Å². The number of nitrogens with zero attached hydrogens (tertiary/aromatic N) is 3. The van der Waals surface area contributed by atoms with Crippen molar-refractivity contribution in [2.75, 3.05) is 5.75 Å². The van der Waals surface area contributed by atoms with Crippen molar-refractivity contribution in [3.05, 3.63) is 60.8 Å². The molecule has 0 aliphatic rings. The highest BCUT2D eigenvalue weighted by Crippen LogP contribution is 2.22. The van der Waals surface area contributed by atoms with Crippen molar-refractivity contribution in [1.82, 2.24) is 15.0 Å². The van der Waals surface area contributed by atoms with Crippen LogP contribution in [-0.4, -0.2) is 20.7 Å². The van der Waals surface area contributed by atoms with Crippen molar-refractivity contribution < 1.29 is 8.78 Å². The molecule has 0 unspecified atom stereocenters. The highest BCUT2D eigenvalue weighted by atomic mass is 32.2. The van der Waals surface area contributed by atoms with E-state index in [-0.39, 0.29) is 6.42 Å². The van der Waals surface area contributed by atoms with Gasteiger partial charge in [0.2, 0.25) is 0 Å². The lowest BCUT2D eigenvalue weighted by Gasteiger charge is -2.04. The SMILES string of the molecule is FC(F)=CCCSc1nccc(-c2ccc3ccccc3n2)n1. The molecule has 0 aliphatic carbocycles. The maximum Gasteiger partial charge on any atom is 0.266 e. The number of para-hydroxylation sites is 1. The number of hydrogen-bond donors (Lipinski definition) is 0. The van der Waals surface area contributed by atoms with Gasteiger partial charge in [-0.15, -0.1) is 0 Å². The monoisotopic (exact) mass is 329 g/mol. The highest BCUT2D eigenvalue weighted by molar-refractivity contribution is 7.99. The molecule has 2 heterocycles. The van der Waals surface area contributed by atoms with Gasteiger partial charge in [0.1, 0.15) is 0 Å². The summed E-state index contributed by atoms with van der Waals surface area (Å²) < 4.78 is 24.0. The van der Waals surface area contributed by atoms with Crippen molar-refractivity contribution in [2.45, 2.75) is 11.6 Å². The zero-order valence-electron chi connectivity index (χ0n) is 12.1. The third-order valence-electron chi connectivity index (χ3n) is 3.14. The lowest BCUT2D eigenvalue weighted by atomic mass is 10.2. The van der Waals surface area contributed by atoms with Crippen LogP contribution >= 0.6 is 11.8 Å². The van der Waals surface area contributed by atoms with Gasteiger partial charge in [0.25, 0.3) is 6.08 Å². The minimum absolute atomic E-state index is 0.287. The first kappa shape index (κ1) is 15.6. The van der Waals surface area contributed by atoms with Crippen molar-refractivity contribution in [3.8, 4) is 11.4 Å². The molecule has 0 fully saturated rings. The Kier molecular flexibility index (Phi) is 4.92. The molecule has 0 spiro atoms. The van der Waals surface area contributed by atoms with Crippen LogP contribution in [0, 0.1) is 0 Å². The van der Waals surface area contributed by atoms with E-state index in [9.17, 15) is 8.78 Å². The molecule has 23 heavy (non-hydrogen) atoms. The van der Waals surface area contributed by atoms with Gasteiger partial charge in [0.05, 0.1) is 16.9 Å². The average Bonchev–Trinajstić information content (AvgIpc) is 2.58. The number of hydrogen-bond acceptors (Lipinski definition) is 4. The first-order chi connectivity index (χ1) is 11.2. The molecular weight excluding hydrogens is 316 g/mol. The maximum atomic E-state index is 12.0. The predicted octanol–water partition coefficient (Wildman–Crippen LogP) is 4.95. The Morgan fingerprint density at radius 3 is 2.70 bits per heavy atom. The summed E-state index contributed by atoms with van der Waals surface area (Å²) in [5, 5.41) is 1.63. The second kappa shape index (κ2) is 7.28. The fourth-order valence-electron chi connectivity index (χ4n) is 2.08. The average molecular weight is 329 g/mol. The summed E-state index contributed by atoms with van der Waals surface area (Å²) >= 11 is 1.35. The molecule has 0 aliphatic heterocycles. The van der Waals surface area contributed by atoms with E-state index in [1.54, 1.807) is 12.3 Å². The third kappa shape index (κ3) is 4.10. The fourth-order valence-corrected chi connectivity index (χ4v) is 2.80. The first-order valence-corrected chi connectivity index (χ1v) is 8.04. The summed E-state index contributed by atoms with van der Waals surface area (Å²) in [6.45, 7) is 0. The first-order valence-electron chi connectivity index (χ1n) is 7.05. The van der Waals surface area contributed by atoms with Crippen molar-refractivity contribution in [3.63, 3.8) is 0 Å². The van der Waals surface area contributed by atoms with Crippen LogP contribution in [0.4, 0.5) is 8.78 Å².